The van der Waals surface area contributed by atoms with Gasteiger partial charge in [-0.25, -0.2) is 0 Å². The van der Waals surface area contributed by atoms with E-state index in [1.807, 2.05) is 74.8 Å². The first-order chi connectivity index (χ1) is 18.1. The van der Waals surface area contributed by atoms with E-state index in [9.17, 15) is 0 Å². The lowest BCUT2D eigenvalue weighted by molar-refractivity contribution is 0.175. The van der Waals surface area contributed by atoms with Gasteiger partial charge in [0.25, 0.3) is 0 Å². The van der Waals surface area contributed by atoms with Crippen molar-refractivity contribution in [1.29, 1.82) is 0 Å². The second-order valence-electron chi connectivity index (χ2n) is 8.98. The summed E-state index contributed by atoms with van der Waals surface area (Å²) in [6.45, 7) is 1.55. The van der Waals surface area contributed by atoms with E-state index >= 15 is 0 Å². The Kier molecular flexibility index (Phi) is 7.14. The molecule has 0 fully saturated rings. The number of oxime groups is 1. The quantitative estimate of drug-likeness (QED) is 0.201. The van der Waals surface area contributed by atoms with Crippen LogP contribution in [-0.4, -0.2) is 63.7 Å². The molecule has 4 aromatic rings. The molecule has 1 aliphatic carbocycles. The lowest BCUT2D eigenvalue weighted by Crippen LogP contribution is -2.20. The lowest BCUT2D eigenvalue weighted by Gasteiger charge is -2.19. The summed E-state index contributed by atoms with van der Waals surface area (Å²) in [6.07, 6.45) is 3.97. The molecule has 0 bridgehead atoms. The Morgan fingerprint density at radius 3 is 2.46 bits per heavy atom. The van der Waals surface area contributed by atoms with Gasteiger partial charge in [0.1, 0.15) is 18.9 Å². The molecule has 5 rings (SSSR count). The van der Waals surface area contributed by atoms with Crippen molar-refractivity contribution in [2.24, 2.45) is 5.16 Å². The largest absolute Gasteiger partial charge is 0.493 e. The molecule has 7 heteroatoms. The first kappa shape index (κ1) is 24.5. The molecular weight excluding hydrogens is 466 g/mol. The molecule has 0 radical (unpaired) electrons. The summed E-state index contributed by atoms with van der Waals surface area (Å²) < 4.78 is 17.8. The van der Waals surface area contributed by atoms with Crippen LogP contribution in [0, 0.1) is 0 Å². The van der Waals surface area contributed by atoms with E-state index in [0.29, 0.717) is 36.2 Å². The van der Waals surface area contributed by atoms with Crippen molar-refractivity contribution in [2.75, 3.05) is 48.1 Å². The number of aromatic nitrogens is 1. The van der Waals surface area contributed by atoms with Gasteiger partial charge in [0.15, 0.2) is 11.5 Å². The van der Waals surface area contributed by atoms with Crippen LogP contribution in [0.25, 0.3) is 28.2 Å². The summed E-state index contributed by atoms with van der Waals surface area (Å²) in [5.74, 6) is 1.72. The van der Waals surface area contributed by atoms with Crippen molar-refractivity contribution in [1.82, 2.24) is 9.88 Å². The number of methoxy groups -OCH3 is 2. The molecule has 190 valence electrons. The number of H-pyrrole nitrogens is 1. The van der Waals surface area contributed by atoms with E-state index in [4.69, 9.17) is 19.0 Å². The Morgan fingerprint density at radius 2 is 1.70 bits per heavy atom. The highest BCUT2D eigenvalue weighted by Crippen LogP contribution is 2.51. The number of ether oxygens (including phenoxy) is 3. The fraction of sp³-hybridized carbons (Fsp3) is 0.233. The zero-order valence-electron chi connectivity index (χ0n) is 21.6. The molecule has 1 aromatic heterocycles. The molecule has 37 heavy (non-hydrogen) atoms. The average Bonchev–Trinajstić information content (AvgIpc) is 3.43. The molecule has 1 heterocycles. The van der Waals surface area contributed by atoms with Crippen molar-refractivity contribution in [3.63, 3.8) is 0 Å². The summed E-state index contributed by atoms with van der Waals surface area (Å²) >= 11 is 0. The molecule has 3 aromatic carbocycles. The SMILES string of the molecule is COc1cc2c(c(OCCN(C)C)c1OC)C(=NOCC=Cc1ccccc1)c1c-2[nH]c2ccccc12. The van der Waals surface area contributed by atoms with Crippen LogP contribution in [0.5, 0.6) is 17.2 Å². The molecule has 1 aliphatic rings. The van der Waals surface area contributed by atoms with E-state index in [1.54, 1.807) is 14.2 Å². The Hall–Kier alpha value is -4.23. The molecular formula is C30H31N3O4. The highest BCUT2D eigenvalue weighted by Gasteiger charge is 2.36. The number of fused-ring (bicyclic) bond motifs is 5. The van der Waals surface area contributed by atoms with Crippen molar-refractivity contribution in [2.45, 2.75) is 0 Å². The average molecular weight is 498 g/mol. The van der Waals surface area contributed by atoms with Crippen molar-refractivity contribution < 1.29 is 19.0 Å². The maximum absolute atomic E-state index is 6.34. The van der Waals surface area contributed by atoms with Crippen LogP contribution < -0.4 is 14.2 Å². The van der Waals surface area contributed by atoms with E-state index in [-0.39, 0.29) is 0 Å². The van der Waals surface area contributed by atoms with Crippen LogP contribution in [0.4, 0.5) is 0 Å². The first-order valence-electron chi connectivity index (χ1n) is 12.2. The van der Waals surface area contributed by atoms with Gasteiger partial charge in [-0.2, -0.15) is 0 Å². The summed E-state index contributed by atoms with van der Waals surface area (Å²) in [6, 6.07) is 20.3. The third-order valence-corrected chi connectivity index (χ3v) is 6.30. The van der Waals surface area contributed by atoms with Crippen molar-refractivity contribution in [3.05, 3.63) is 83.4 Å². The molecule has 0 saturated carbocycles. The van der Waals surface area contributed by atoms with Gasteiger partial charge < -0.3 is 28.9 Å². The van der Waals surface area contributed by atoms with Gasteiger partial charge in [0.2, 0.25) is 5.75 Å². The minimum atomic E-state index is 0.329. The van der Waals surface area contributed by atoms with Gasteiger partial charge in [-0.05, 0) is 37.9 Å². The van der Waals surface area contributed by atoms with Crippen LogP contribution in [0.15, 0.2) is 71.9 Å². The number of nitrogens with one attached hydrogen (secondary N) is 1. The topological polar surface area (TPSA) is 68.3 Å². The van der Waals surface area contributed by atoms with Crippen molar-refractivity contribution in [3.8, 4) is 28.5 Å². The third kappa shape index (κ3) is 4.78. The normalized spacial score (nSPS) is 13.4. The molecule has 0 atom stereocenters. The number of likely N-dealkylation sites (N-methyl/N-ethyl adjacent to an activating group) is 1. The molecule has 1 N–H and O–H groups in total. The second kappa shape index (κ2) is 10.8. The van der Waals surface area contributed by atoms with Crippen LogP contribution in [0.2, 0.25) is 0 Å². The number of aromatic amines is 1. The molecule has 0 unspecified atom stereocenters. The van der Waals surface area contributed by atoms with Crippen molar-refractivity contribution >= 4 is 22.7 Å². The summed E-state index contributed by atoms with van der Waals surface area (Å²) in [5.41, 5.74) is 6.54. The van der Waals surface area contributed by atoms with E-state index in [0.717, 1.165) is 45.4 Å². The summed E-state index contributed by atoms with van der Waals surface area (Å²) in [7, 11) is 7.27. The van der Waals surface area contributed by atoms with Crippen LogP contribution in [0.1, 0.15) is 16.7 Å². The molecule has 7 nitrogen and oxygen atoms in total. The highest BCUT2D eigenvalue weighted by molar-refractivity contribution is 6.31. The summed E-state index contributed by atoms with van der Waals surface area (Å²) in [4.78, 5) is 11.5. The van der Waals surface area contributed by atoms with Gasteiger partial charge in [-0.3, -0.25) is 0 Å². The fourth-order valence-electron chi connectivity index (χ4n) is 4.56. The zero-order chi connectivity index (χ0) is 25.8. The zero-order valence-corrected chi connectivity index (χ0v) is 21.6. The lowest BCUT2D eigenvalue weighted by atomic mass is 10.0. The maximum atomic E-state index is 6.34. The maximum Gasteiger partial charge on any atom is 0.204 e. The Morgan fingerprint density at radius 1 is 0.919 bits per heavy atom. The second-order valence-corrected chi connectivity index (χ2v) is 8.98. The minimum absolute atomic E-state index is 0.329. The Labute approximate surface area is 216 Å². The molecule has 0 aliphatic heterocycles. The predicted octanol–water partition coefficient (Wildman–Crippen LogP) is 5.59. The Bertz CT molecular complexity index is 1450. The van der Waals surface area contributed by atoms with Gasteiger partial charge >= 0.3 is 0 Å². The van der Waals surface area contributed by atoms with Gasteiger partial charge in [0.05, 0.1) is 25.5 Å². The smallest absolute Gasteiger partial charge is 0.204 e. The molecule has 0 saturated heterocycles. The predicted molar refractivity (Wildman–Crippen MR) is 148 cm³/mol. The van der Waals surface area contributed by atoms with E-state index in [1.165, 1.54) is 0 Å². The Balaban J connectivity index is 1.59. The highest BCUT2D eigenvalue weighted by atomic mass is 16.6. The first-order valence-corrected chi connectivity index (χ1v) is 12.2. The van der Waals surface area contributed by atoms with Gasteiger partial charge in [-0.15, -0.1) is 0 Å². The number of rotatable bonds is 10. The van der Waals surface area contributed by atoms with Crippen LogP contribution in [-0.2, 0) is 4.84 Å². The van der Waals surface area contributed by atoms with E-state index in [2.05, 4.69) is 27.2 Å². The standard InChI is InChI=1S/C30H31N3O4/c1-33(2)16-18-36-30-26-22(19-24(34-3)29(30)35-4)27-25(21-14-8-9-15-23(21)31-27)28(26)32-37-17-10-13-20-11-6-5-7-12-20/h5-15,19,31H,16-18H2,1-4H3. The van der Waals surface area contributed by atoms with E-state index < -0.39 is 0 Å². The van der Waals surface area contributed by atoms with Crippen LogP contribution in [0.3, 0.4) is 0 Å². The molecule has 0 spiro atoms. The number of para-hydroxylation sites is 1. The van der Waals surface area contributed by atoms with Gasteiger partial charge in [-0.1, -0.05) is 59.8 Å². The minimum Gasteiger partial charge on any atom is -0.493 e. The van der Waals surface area contributed by atoms with Gasteiger partial charge in [0, 0.05) is 28.6 Å². The van der Waals surface area contributed by atoms with Crippen LogP contribution >= 0.6 is 0 Å². The monoisotopic (exact) mass is 497 g/mol. The number of hydrogen-bond donors (Lipinski definition) is 1. The fourth-order valence-corrected chi connectivity index (χ4v) is 4.56. The number of nitrogens with zero attached hydrogens (tertiary/aromatic N) is 2. The summed E-state index contributed by atoms with van der Waals surface area (Å²) in [5, 5.41) is 5.72. The number of hydrogen-bond acceptors (Lipinski definition) is 6. The third-order valence-electron chi connectivity index (χ3n) is 6.30. The number of benzene rings is 3. The molecule has 0 amide bonds.